The fraction of sp³-hybridized carbons (Fsp3) is 0.333. The maximum absolute atomic E-state index is 12.0. The van der Waals surface area contributed by atoms with Crippen molar-refractivity contribution in [2.24, 2.45) is 0 Å². The largest absolute Gasteiger partial charge is 0.461 e. The molecule has 1 amide bonds. The third-order valence-corrected chi connectivity index (χ3v) is 3.09. The third kappa shape index (κ3) is 2.52. The van der Waals surface area contributed by atoms with E-state index in [1.807, 2.05) is 19.1 Å². The highest BCUT2D eigenvalue weighted by atomic mass is 16.5. The Hall–Kier alpha value is -2.30. The molecule has 5 nitrogen and oxygen atoms in total. The Balaban J connectivity index is 2.60. The van der Waals surface area contributed by atoms with Crippen LogP contribution in [-0.4, -0.2) is 23.5 Å². The minimum atomic E-state index is -0.366. The number of rotatable bonds is 4. The average molecular weight is 274 g/mol. The van der Waals surface area contributed by atoms with Crippen LogP contribution in [0.25, 0.3) is 10.9 Å². The van der Waals surface area contributed by atoms with Gasteiger partial charge in [0.15, 0.2) is 0 Å². The summed E-state index contributed by atoms with van der Waals surface area (Å²) < 4.78 is 5.06. The molecule has 5 heteroatoms. The van der Waals surface area contributed by atoms with Crippen molar-refractivity contribution in [3.05, 3.63) is 29.5 Å². The van der Waals surface area contributed by atoms with Crippen molar-refractivity contribution >= 4 is 28.5 Å². The Bertz CT molecular complexity index is 658. The molecule has 0 aliphatic heterocycles. The van der Waals surface area contributed by atoms with E-state index in [2.05, 4.69) is 10.3 Å². The molecule has 1 aromatic heterocycles. The number of amides is 1. The maximum atomic E-state index is 12.0. The Morgan fingerprint density at radius 3 is 2.65 bits per heavy atom. The van der Waals surface area contributed by atoms with Crippen molar-refractivity contribution in [3.63, 3.8) is 0 Å². The minimum Gasteiger partial charge on any atom is -0.461 e. The first-order valence-electron chi connectivity index (χ1n) is 6.66. The molecule has 0 atom stereocenters. The van der Waals surface area contributed by atoms with E-state index in [1.54, 1.807) is 13.0 Å². The van der Waals surface area contributed by atoms with Crippen molar-refractivity contribution in [2.45, 2.75) is 27.2 Å². The number of ether oxygens (including phenoxy) is 1. The molecule has 2 rings (SSSR count). The van der Waals surface area contributed by atoms with Gasteiger partial charge in [-0.05, 0) is 25.0 Å². The van der Waals surface area contributed by atoms with Crippen molar-refractivity contribution in [3.8, 4) is 0 Å². The molecule has 0 saturated carbocycles. The van der Waals surface area contributed by atoms with Crippen LogP contribution in [0.1, 0.15) is 36.8 Å². The van der Waals surface area contributed by atoms with E-state index in [-0.39, 0.29) is 11.9 Å². The molecule has 2 aromatic rings. The second-order valence-electron chi connectivity index (χ2n) is 4.46. The Morgan fingerprint density at radius 1 is 1.30 bits per heavy atom. The van der Waals surface area contributed by atoms with Gasteiger partial charge >= 0.3 is 5.97 Å². The summed E-state index contributed by atoms with van der Waals surface area (Å²) in [7, 11) is 0. The molecule has 0 saturated heterocycles. The lowest BCUT2D eigenvalue weighted by atomic mass is 10.1. The van der Waals surface area contributed by atoms with Gasteiger partial charge < -0.3 is 15.0 Å². The fourth-order valence-corrected chi connectivity index (χ4v) is 2.31. The molecule has 0 radical (unpaired) electrons. The number of aromatic nitrogens is 1. The molecule has 0 aliphatic rings. The summed E-state index contributed by atoms with van der Waals surface area (Å²) in [4.78, 5) is 26.3. The van der Waals surface area contributed by atoms with E-state index < -0.39 is 0 Å². The van der Waals surface area contributed by atoms with Crippen molar-refractivity contribution < 1.29 is 14.3 Å². The standard InChI is InChI=1S/C15H18N2O3/c1-4-10-11-7-6-8-12(16-9(3)18)13(11)17-14(10)15(19)20-5-2/h6-8,17H,4-5H2,1-3H3,(H,16,18). The summed E-state index contributed by atoms with van der Waals surface area (Å²) in [5, 5.41) is 3.69. The number of aryl methyl sites for hydroxylation is 1. The van der Waals surface area contributed by atoms with Gasteiger partial charge in [0, 0.05) is 12.3 Å². The number of anilines is 1. The van der Waals surface area contributed by atoms with E-state index in [0.717, 1.165) is 16.5 Å². The van der Waals surface area contributed by atoms with E-state index >= 15 is 0 Å². The van der Waals surface area contributed by atoms with Crippen LogP contribution < -0.4 is 5.32 Å². The number of aromatic amines is 1. The van der Waals surface area contributed by atoms with Crippen molar-refractivity contribution in [1.82, 2.24) is 4.98 Å². The molecular weight excluding hydrogens is 256 g/mol. The summed E-state index contributed by atoms with van der Waals surface area (Å²) in [5.41, 5.74) is 2.79. The maximum Gasteiger partial charge on any atom is 0.355 e. The van der Waals surface area contributed by atoms with Gasteiger partial charge in [0.05, 0.1) is 17.8 Å². The lowest BCUT2D eigenvalue weighted by Crippen LogP contribution is -2.07. The molecule has 0 aliphatic carbocycles. The van der Waals surface area contributed by atoms with Gasteiger partial charge in [0.2, 0.25) is 5.91 Å². The van der Waals surface area contributed by atoms with Gasteiger partial charge in [0.25, 0.3) is 0 Å². The van der Waals surface area contributed by atoms with E-state index in [0.29, 0.717) is 24.4 Å². The quantitative estimate of drug-likeness (QED) is 0.842. The van der Waals surface area contributed by atoms with Crippen LogP contribution in [0.15, 0.2) is 18.2 Å². The predicted octanol–water partition coefficient (Wildman–Crippen LogP) is 2.87. The van der Waals surface area contributed by atoms with Gasteiger partial charge in [-0.25, -0.2) is 4.79 Å². The lowest BCUT2D eigenvalue weighted by molar-refractivity contribution is -0.114. The van der Waals surface area contributed by atoms with Crippen LogP contribution in [0.2, 0.25) is 0 Å². The number of hydrogen-bond acceptors (Lipinski definition) is 3. The normalized spacial score (nSPS) is 10.6. The number of esters is 1. The Morgan fingerprint density at radius 2 is 2.05 bits per heavy atom. The first kappa shape index (κ1) is 14.1. The van der Waals surface area contributed by atoms with E-state index in [9.17, 15) is 9.59 Å². The van der Waals surface area contributed by atoms with Gasteiger partial charge in [-0.1, -0.05) is 19.1 Å². The number of nitrogens with one attached hydrogen (secondary N) is 2. The first-order valence-corrected chi connectivity index (χ1v) is 6.66. The summed E-state index contributed by atoms with van der Waals surface area (Å²) in [6.45, 7) is 5.54. The second kappa shape index (κ2) is 5.77. The summed E-state index contributed by atoms with van der Waals surface area (Å²) >= 11 is 0. The smallest absolute Gasteiger partial charge is 0.355 e. The molecule has 1 aromatic carbocycles. The molecular formula is C15H18N2O3. The van der Waals surface area contributed by atoms with Gasteiger partial charge in [-0.2, -0.15) is 0 Å². The lowest BCUT2D eigenvalue weighted by Gasteiger charge is -2.03. The average Bonchev–Trinajstić information content (AvgIpc) is 2.78. The molecule has 2 N–H and O–H groups in total. The zero-order valence-electron chi connectivity index (χ0n) is 11.9. The summed E-state index contributed by atoms with van der Waals surface area (Å²) in [6, 6.07) is 5.59. The number of hydrogen-bond donors (Lipinski definition) is 2. The van der Waals surface area contributed by atoms with Gasteiger partial charge in [-0.15, -0.1) is 0 Å². The topological polar surface area (TPSA) is 71.2 Å². The zero-order chi connectivity index (χ0) is 14.7. The van der Waals surface area contributed by atoms with Crippen molar-refractivity contribution in [1.29, 1.82) is 0 Å². The second-order valence-corrected chi connectivity index (χ2v) is 4.46. The molecule has 20 heavy (non-hydrogen) atoms. The van der Waals surface area contributed by atoms with Crippen LogP contribution in [0.5, 0.6) is 0 Å². The van der Waals surface area contributed by atoms with Crippen LogP contribution >= 0.6 is 0 Å². The highest BCUT2D eigenvalue weighted by molar-refractivity contribution is 6.05. The Labute approximate surface area is 117 Å². The highest BCUT2D eigenvalue weighted by Gasteiger charge is 2.19. The van der Waals surface area contributed by atoms with Crippen LogP contribution in [0.4, 0.5) is 5.69 Å². The first-order chi connectivity index (χ1) is 9.58. The number of carbonyl (C=O) groups is 2. The van der Waals surface area contributed by atoms with Gasteiger partial charge in [0.1, 0.15) is 5.69 Å². The van der Waals surface area contributed by atoms with Gasteiger partial charge in [-0.3, -0.25) is 4.79 Å². The number of H-pyrrole nitrogens is 1. The summed E-state index contributed by atoms with van der Waals surface area (Å²) in [6.07, 6.45) is 0.706. The molecule has 1 heterocycles. The SMILES string of the molecule is CCOC(=O)c1[nH]c2c(NC(C)=O)cccc2c1CC. The number of para-hydroxylation sites is 1. The number of carbonyl (C=O) groups excluding carboxylic acids is 2. The monoisotopic (exact) mass is 274 g/mol. The van der Waals surface area contributed by atoms with E-state index in [1.165, 1.54) is 6.92 Å². The van der Waals surface area contributed by atoms with Crippen LogP contribution in [0.3, 0.4) is 0 Å². The van der Waals surface area contributed by atoms with E-state index in [4.69, 9.17) is 4.74 Å². The predicted molar refractivity (Wildman–Crippen MR) is 77.9 cm³/mol. The molecule has 0 unspecified atom stereocenters. The minimum absolute atomic E-state index is 0.150. The van der Waals surface area contributed by atoms with Crippen molar-refractivity contribution in [2.75, 3.05) is 11.9 Å². The Kier molecular flexibility index (Phi) is 4.08. The number of fused-ring (bicyclic) bond motifs is 1. The summed E-state index contributed by atoms with van der Waals surface area (Å²) in [5.74, 6) is -0.517. The van der Waals surface area contributed by atoms with Crippen LogP contribution in [0, 0.1) is 0 Å². The zero-order valence-corrected chi connectivity index (χ0v) is 11.9. The molecule has 0 bridgehead atoms. The van der Waals surface area contributed by atoms with Crippen LogP contribution in [-0.2, 0) is 16.0 Å². The number of benzene rings is 1. The highest BCUT2D eigenvalue weighted by Crippen LogP contribution is 2.29. The molecule has 0 fully saturated rings. The molecule has 106 valence electrons. The third-order valence-electron chi connectivity index (χ3n) is 3.09. The fourth-order valence-electron chi connectivity index (χ4n) is 2.31. The molecule has 0 spiro atoms.